The topological polar surface area (TPSA) is 69.9 Å². The van der Waals surface area contributed by atoms with E-state index in [4.69, 9.17) is 23.8 Å². The van der Waals surface area contributed by atoms with E-state index in [1.807, 2.05) is 104 Å². The maximum Gasteiger partial charge on any atom is 0.164 e. The smallest absolute Gasteiger partial charge is 0.164 e. The highest BCUT2D eigenvalue weighted by Crippen LogP contribution is 2.44. The van der Waals surface area contributed by atoms with Gasteiger partial charge in [-0.25, -0.2) is 15.0 Å². The Hall–Kier alpha value is -10.2. The number of aromatic nitrogens is 4. The van der Waals surface area contributed by atoms with Gasteiger partial charge < -0.3 is 13.4 Å². The number of nitrogens with zero attached hydrogens (tertiary/aromatic N) is 4. The number of para-hydroxylation sites is 3. The molecule has 77 heavy (non-hydrogen) atoms. The molecule has 13 aromatic rings. The molecule has 0 saturated carbocycles. The quantitative estimate of drug-likeness (QED) is 0.121. The Kier molecular flexibility index (Phi) is 11.9. The van der Waals surface area contributed by atoms with Crippen molar-refractivity contribution in [3.8, 4) is 73.2 Å². The van der Waals surface area contributed by atoms with E-state index in [1.54, 1.807) is 6.08 Å². The van der Waals surface area contributed by atoms with Crippen LogP contribution < -0.4 is 10.6 Å². The molecule has 0 bridgehead atoms. The summed E-state index contributed by atoms with van der Waals surface area (Å²) in [4.78, 5) is 15.1. The molecule has 9 aromatic carbocycles. The van der Waals surface area contributed by atoms with Crippen LogP contribution in [0.15, 0.2) is 264 Å². The number of benzene rings is 9. The zero-order chi connectivity index (χ0) is 52.0. The molecule has 0 N–H and O–H groups in total. The van der Waals surface area contributed by atoms with Crippen LogP contribution >= 0.6 is 0 Å². The molecule has 6 nitrogen and oxygen atoms in total. The van der Waals surface area contributed by atoms with Crippen LogP contribution in [-0.2, 0) is 0 Å². The van der Waals surface area contributed by atoms with Gasteiger partial charge in [0.2, 0.25) is 0 Å². The first-order chi connectivity index (χ1) is 38.0. The van der Waals surface area contributed by atoms with Gasteiger partial charge in [0.1, 0.15) is 16.7 Å². The molecular weight excluding hydrogens is 941 g/mol. The molecule has 366 valence electrons. The molecule has 0 spiro atoms. The Balaban J connectivity index is 0.963. The number of fused-ring (bicyclic) bond motifs is 7. The molecule has 6 heteroatoms. The number of hydrogen-bond acceptors (Lipinski definition) is 5. The van der Waals surface area contributed by atoms with Crippen molar-refractivity contribution in [2.24, 2.45) is 0 Å². The van der Waals surface area contributed by atoms with Crippen LogP contribution in [0, 0.1) is 0 Å². The van der Waals surface area contributed by atoms with Gasteiger partial charge in [0, 0.05) is 59.8 Å². The lowest BCUT2D eigenvalue weighted by Gasteiger charge is -2.13. The monoisotopic (exact) mass is 990 g/mol. The van der Waals surface area contributed by atoms with Gasteiger partial charge in [0.05, 0.1) is 11.2 Å². The van der Waals surface area contributed by atoms with Crippen LogP contribution in [0.25, 0.3) is 140 Å². The average molecular weight is 991 g/mol. The van der Waals surface area contributed by atoms with E-state index in [1.165, 1.54) is 0 Å². The van der Waals surface area contributed by atoms with Crippen LogP contribution in [0.3, 0.4) is 0 Å². The minimum atomic E-state index is 0.597. The minimum absolute atomic E-state index is 0.597. The summed E-state index contributed by atoms with van der Waals surface area (Å²) in [5.41, 5.74) is 16.2. The predicted molar refractivity (Wildman–Crippen MR) is 320 cm³/mol. The van der Waals surface area contributed by atoms with Gasteiger partial charge in [-0.15, -0.1) is 0 Å². The van der Waals surface area contributed by atoms with Gasteiger partial charge >= 0.3 is 0 Å². The third kappa shape index (κ3) is 8.29. The first-order valence-corrected chi connectivity index (χ1v) is 25.9. The summed E-state index contributed by atoms with van der Waals surface area (Å²) >= 11 is 0. The summed E-state index contributed by atoms with van der Waals surface area (Å²) in [6, 6.07) is 71.6. The van der Waals surface area contributed by atoms with E-state index in [0.29, 0.717) is 17.5 Å². The summed E-state index contributed by atoms with van der Waals surface area (Å²) in [7, 11) is 0. The largest absolute Gasteiger partial charge is 0.455 e. The van der Waals surface area contributed by atoms with Gasteiger partial charge in [0.25, 0.3) is 0 Å². The van der Waals surface area contributed by atoms with Crippen LogP contribution in [0.1, 0.15) is 13.8 Å². The lowest BCUT2D eigenvalue weighted by molar-refractivity contribution is 0.665. The van der Waals surface area contributed by atoms with Crippen LogP contribution in [-0.4, -0.2) is 19.5 Å². The van der Waals surface area contributed by atoms with Crippen LogP contribution in [0.5, 0.6) is 0 Å². The van der Waals surface area contributed by atoms with Gasteiger partial charge in [-0.3, -0.25) is 0 Å². The molecular formula is C71H50N4O2. The second-order valence-corrected chi connectivity index (χ2v) is 19.1. The van der Waals surface area contributed by atoms with E-state index < -0.39 is 0 Å². The SMILES string of the molecule is C=C/C=C\C(=C/C)C(=C)/C=c1\c(=C/C)n(-c2cc(-c3cccc(-c4ccc(-c5cccc(-c6nc(-c7ccccc7)nc(-c7ccccc7)n6)c5)c5c4oc4ccccc45)c3)cc3c2oc2ccccc23)c2ccccc12. The second kappa shape index (κ2) is 19.6. The third-order valence-electron chi connectivity index (χ3n) is 14.5. The molecule has 0 aliphatic rings. The minimum Gasteiger partial charge on any atom is -0.455 e. The standard InChI is InChI=1S/C71H50N4O2/c1-5-8-23-46(6-2)45(4)40-59-56-32-15-18-35-62(56)75(61(59)7-3)63-44-53(43-60-57-33-16-19-36-64(57)76-67(60)63)49-28-21-30-51(41-49)55-39-38-54(66-58-34-17-20-37-65(58)77-68(55)66)50-29-22-31-52(42-50)71-73-69(47-24-11-9-12-25-47)72-70(74-71)48-26-13-10-14-27-48/h5-44H,1,4H2,2-3H3/b23-8-,46-6+,59-40-,61-7+. The highest BCUT2D eigenvalue weighted by molar-refractivity contribution is 6.16. The van der Waals surface area contributed by atoms with E-state index in [0.717, 1.165) is 132 Å². The van der Waals surface area contributed by atoms with E-state index in [-0.39, 0.29) is 0 Å². The van der Waals surface area contributed by atoms with Crippen molar-refractivity contribution < 1.29 is 8.83 Å². The first-order valence-electron chi connectivity index (χ1n) is 25.9. The normalized spacial score (nSPS) is 12.6. The zero-order valence-electron chi connectivity index (χ0n) is 42.6. The number of hydrogen-bond donors (Lipinski definition) is 0. The maximum absolute atomic E-state index is 6.93. The number of furan rings is 2. The molecule has 0 amide bonds. The van der Waals surface area contributed by atoms with Gasteiger partial charge in [-0.1, -0.05) is 201 Å². The van der Waals surface area contributed by atoms with Crippen molar-refractivity contribution in [2.75, 3.05) is 0 Å². The van der Waals surface area contributed by atoms with E-state index in [9.17, 15) is 0 Å². The molecule has 4 aromatic heterocycles. The highest BCUT2D eigenvalue weighted by Gasteiger charge is 2.22. The molecule has 0 aliphatic heterocycles. The Morgan fingerprint density at radius 3 is 1.71 bits per heavy atom. The number of rotatable bonds is 11. The lowest BCUT2D eigenvalue weighted by atomic mass is 9.92. The molecule has 13 rings (SSSR count). The Bertz CT molecular complexity index is 4630. The summed E-state index contributed by atoms with van der Waals surface area (Å²) in [6.07, 6.45) is 12.2. The van der Waals surface area contributed by atoms with Crippen molar-refractivity contribution in [2.45, 2.75) is 13.8 Å². The first kappa shape index (κ1) is 46.6. The fourth-order valence-electron chi connectivity index (χ4n) is 10.9. The summed E-state index contributed by atoms with van der Waals surface area (Å²) in [5.74, 6) is 1.83. The van der Waals surface area contributed by atoms with Gasteiger partial charge in [-0.2, -0.15) is 0 Å². The van der Waals surface area contributed by atoms with Crippen molar-refractivity contribution in [1.82, 2.24) is 19.5 Å². The maximum atomic E-state index is 6.93. The van der Waals surface area contributed by atoms with Crippen molar-refractivity contribution in [3.05, 3.63) is 265 Å². The molecule has 0 unspecified atom stereocenters. The molecule has 0 radical (unpaired) electrons. The summed E-state index contributed by atoms with van der Waals surface area (Å²) in [5, 5.41) is 7.42. The molecule has 0 atom stereocenters. The van der Waals surface area contributed by atoms with E-state index >= 15 is 0 Å². The highest BCUT2D eigenvalue weighted by atomic mass is 16.3. The molecule has 0 saturated heterocycles. The Morgan fingerprint density at radius 2 is 1.03 bits per heavy atom. The second-order valence-electron chi connectivity index (χ2n) is 19.1. The molecule has 4 heterocycles. The Morgan fingerprint density at radius 1 is 0.481 bits per heavy atom. The van der Waals surface area contributed by atoms with Crippen LogP contribution in [0.4, 0.5) is 0 Å². The average Bonchev–Trinajstić information content (AvgIpc) is 4.33. The fourth-order valence-corrected chi connectivity index (χ4v) is 10.9. The molecule has 0 fully saturated rings. The van der Waals surface area contributed by atoms with Crippen molar-refractivity contribution in [1.29, 1.82) is 0 Å². The fraction of sp³-hybridized carbons (Fsp3) is 0.0282. The van der Waals surface area contributed by atoms with Gasteiger partial charge in [0.15, 0.2) is 23.1 Å². The van der Waals surface area contributed by atoms with Crippen LogP contribution in [0.2, 0.25) is 0 Å². The van der Waals surface area contributed by atoms with Crippen molar-refractivity contribution in [3.63, 3.8) is 0 Å². The van der Waals surface area contributed by atoms with Gasteiger partial charge in [-0.05, 0) is 107 Å². The Labute approximate surface area is 445 Å². The predicted octanol–water partition coefficient (Wildman–Crippen LogP) is 17.4. The zero-order valence-corrected chi connectivity index (χ0v) is 42.6. The summed E-state index contributed by atoms with van der Waals surface area (Å²) < 4.78 is 16.1. The summed E-state index contributed by atoms with van der Waals surface area (Å²) in [6.45, 7) is 12.5. The number of allylic oxidation sites excluding steroid dienone is 6. The van der Waals surface area contributed by atoms with E-state index in [2.05, 4.69) is 164 Å². The lowest BCUT2D eigenvalue weighted by Crippen LogP contribution is -2.28. The van der Waals surface area contributed by atoms with Crippen molar-refractivity contribution >= 4 is 66.9 Å². The third-order valence-corrected chi connectivity index (χ3v) is 14.5. The molecule has 0 aliphatic carbocycles.